The van der Waals surface area contributed by atoms with E-state index in [-0.39, 0.29) is 6.10 Å². The van der Waals surface area contributed by atoms with Crippen molar-refractivity contribution in [1.29, 1.82) is 0 Å². The Balaban J connectivity index is 1.98. The molecule has 0 aliphatic carbocycles. The van der Waals surface area contributed by atoms with Gasteiger partial charge in [0.25, 0.3) is 0 Å². The van der Waals surface area contributed by atoms with Crippen LogP contribution in [0.5, 0.6) is 0 Å². The molecule has 1 atom stereocenters. The first-order valence-corrected chi connectivity index (χ1v) is 5.35. The zero-order chi connectivity index (χ0) is 10.9. The van der Waals surface area contributed by atoms with E-state index in [1.54, 1.807) is 6.92 Å². The average Bonchev–Trinajstić information content (AvgIpc) is 2.24. The maximum atomic E-state index is 9.02. The van der Waals surface area contributed by atoms with Crippen LogP contribution in [0.25, 0.3) is 0 Å². The number of hydroxylamine groups is 1. The van der Waals surface area contributed by atoms with E-state index in [1.807, 2.05) is 30.3 Å². The van der Waals surface area contributed by atoms with Gasteiger partial charge in [0.2, 0.25) is 0 Å². The van der Waals surface area contributed by atoms with Crippen LogP contribution in [0.1, 0.15) is 25.3 Å². The van der Waals surface area contributed by atoms with Gasteiger partial charge in [0.15, 0.2) is 0 Å². The molecule has 1 rings (SSSR count). The smallest absolute Gasteiger partial charge is 0.0933 e. The van der Waals surface area contributed by atoms with Crippen LogP contribution in [0.2, 0.25) is 0 Å². The first-order valence-electron chi connectivity index (χ1n) is 5.35. The second-order valence-corrected chi connectivity index (χ2v) is 3.66. The molecule has 1 aromatic carbocycles. The first-order chi connectivity index (χ1) is 7.29. The molecular weight excluding hydrogens is 190 g/mol. The lowest BCUT2D eigenvalue weighted by molar-refractivity contribution is 0.0255. The molecule has 3 nitrogen and oxygen atoms in total. The van der Waals surface area contributed by atoms with Gasteiger partial charge >= 0.3 is 0 Å². The van der Waals surface area contributed by atoms with Crippen molar-refractivity contribution in [2.24, 2.45) is 0 Å². The van der Waals surface area contributed by atoms with Gasteiger partial charge in [0.1, 0.15) is 0 Å². The Labute approximate surface area is 91.0 Å². The van der Waals surface area contributed by atoms with E-state index in [4.69, 9.17) is 9.94 Å². The van der Waals surface area contributed by atoms with Crippen molar-refractivity contribution >= 4 is 0 Å². The summed E-state index contributed by atoms with van der Waals surface area (Å²) in [6.45, 7) is 3.15. The summed E-state index contributed by atoms with van der Waals surface area (Å²) in [6, 6.07) is 10.0. The van der Waals surface area contributed by atoms with Crippen LogP contribution >= 0.6 is 0 Å². The molecule has 1 aromatic rings. The van der Waals surface area contributed by atoms with Gasteiger partial charge < -0.3 is 5.11 Å². The van der Waals surface area contributed by atoms with Crippen LogP contribution in [0, 0.1) is 0 Å². The molecule has 0 amide bonds. The van der Waals surface area contributed by atoms with Gasteiger partial charge in [-0.15, -0.1) is 0 Å². The van der Waals surface area contributed by atoms with E-state index >= 15 is 0 Å². The van der Waals surface area contributed by atoms with Gasteiger partial charge in [0, 0.05) is 6.54 Å². The van der Waals surface area contributed by atoms with E-state index in [0.29, 0.717) is 6.61 Å². The van der Waals surface area contributed by atoms with E-state index in [1.165, 1.54) is 0 Å². The van der Waals surface area contributed by atoms with Crippen molar-refractivity contribution in [3.8, 4) is 0 Å². The van der Waals surface area contributed by atoms with Gasteiger partial charge in [-0.3, -0.25) is 4.84 Å². The Bertz CT molecular complexity index is 249. The van der Waals surface area contributed by atoms with E-state index in [9.17, 15) is 0 Å². The zero-order valence-electron chi connectivity index (χ0n) is 9.15. The minimum Gasteiger partial charge on any atom is -0.393 e. The standard InChI is InChI=1S/C12H19NO2/c1-11(14)6-5-9-13-15-10-12-7-3-2-4-8-12/h2-4,7-8,11,13-14H,5-6,9-10H2,1H3. The Morgan fingerprint density at radius 3 is 2.73 bits per heavy atom. The van der Waals surface area contributed by atoms with E-state index in [0.717, 1.165) is 24.9 Å². The maximum absolute atomic E-state index is 9.02. The summed E-state index contributed by atoms with van der Waals surface area (Å²) >= 11 is 0. The largest absolute Gasteiger partial charge is 0.393 e. The number of rotatable bonds is 7. The molecule has 0 bridgehead atoms. The van der Waals surface area contributed by atoms with Gasteiger partial charge in [-0.2, -0.15) is 0 Å². The quantitative estimate of drug-likeness (QED) is 0.532. The van der Waals surface area contributed by atoms with Gasteiger partial charge in [0.05, 0.1) is 12.7 Å². The minimum atomic E-state index is -0.221. The fourth-order valence-corrected chi connectivity index (χ4v) is 1.25. The molecule has 0 fully saturated rings. The topological polar surface area (TPSA) is 41.5 Å². The highest BCUT2D eigenvalue weighted by Crippen LogP contribution is 1.99. The second-order valence-electron chi connectivity index (χ2n) is 3.66. The lowest BCUT2D eigenvalue weighted by Gasteiger charge is -2.06. The van der Waals surface area contributed by atoms with Crippen molar-refractivity contribution < 1.29 is 9.94 Å². The third-order valence-corrected chi connectivity index (χ3v) is 2.08. The minimum absolute atomic E-state index is 0.221. The number of hydrogen-bond donors (Lipinski definition) is 2. The average molecular weight is 209 g/mol. The zero-order valence-corrected chi connectivity index (χ0v) is 9.15. The van der Waals surface area contributed by atoms with Crippen LogP contribution in [0.3, 0.4) is 0 Å². The number of aliphatic hydroxyl groups is 1. The maximum Gasteiger partial charge on any atom is 0.0933 e. The highest BCUT2D eigenvalue weighted by Gasteiger charge is 1.95. The first kappa shape index (κ1) is 12.2. The SMILES string of the molecule is CC(O)CCCNOCc1ccccc1. The van der Waals surface area contributed by atoms with Crippen LogP contribution in [-0.4, -0.2) is 17.8 Å². The predicted molar refractivity (Wildman–Crippen MR) is 60.1 cm³/mol. The molecule has 2 N–H and O–H groups in total. The third kappa shape index (κ3) is 6.23. The molecule has 0 saturated heterocycles. The molecule has 0 aliphatic heterocycles. The summed E-state index contributed by atoms with van der Waals surface area (Å²) in [4.78, 5) is 5.27. The Kier molecular flexibility index (Phi) is 6.00. The lowest BCUT2D eigenvalue weighted by atomic mass is 10.2. The van der Waals surface area contributed by atoms with Crippen LogP contribution in [0.4, 0.5) is 0 Å². The monoisotopic (exact) mass is 209 g/mol. The highest BCUT2D eigenvalue weighted by atomic mass is 16.6. The van der Waals surface area contributed by atoms with Crippen LogP contribution < -0.4 is 5.48 Å². The van der Waals surface area contributed by atoms with Crippen LogP contribution in [0.15, 0.2) is 30.3 Å². The van der Waals surface area contributed by atoms with Gasteiger partial charge in [-0.25, -0.2) is 5.48 Å². The fraction of sp³-hybridized carbons (Fsp3) is 0.500. The fourth-order valence-electron chi connectivity index (χ4n) is 1.25. The van der Waals surface area contributed by atoms with Crippen LogP contribution in [-0.2, 0) is 11.4 Å². The molecular formula is C12H19NO2. The Morgan fingerprint density at radius 1 is 1.33 bits per heavy atom. The molecule has 0 spiro atoms. The molecule has 0 aliphatic rings. The lowest BCUT2D eigenvalue weighted by Crippen LogP contribution is -2.17. The molecule has 0 saturated carbocycles. The molecule has 15 heavy (non-hydrogen) atoms. The van der Waals surface area contributed by atoms with Crippen molar-refractivity contribution in [1.82, 2.24) is 5.48 Å². The van der Waals surface area contributed by atoms with E-state index in [2.05, 4.69) is 5.48 Å². The molecule has 1 unspecified atom stereocenters. The summed E-state index contributed by atoms with van der Waals surface area (Å²) in [6.07, 6.45) is 1.51. The van der Waals surface area contributed by atoms with Gasteiger partial charge in [-0.1, -0.05) is 30.3 Å². The summed E-state index contributed by atoms with van der Waals surface area (Å²) in [5.41, 5.74) is 4.03. The highest BCUT2D eigenvalue weighted by molar-refractivity contribution is 5.13. The third-order valence-electron chi connectivity index (χ3n) is 2.08. The van der Waals surface area contributed by atoms with E-state index < -0.39 is 0 Å². The molecule has 0 aromatic heterocycles. The van der Waals surface area contributed by atoms with Crippen molar-refractivity contribution in [3.05, 3.63) is 35.9 Å². The van der Waals surface area contributed by atoms with Crippen molar-refractivity contribution in [2.75, 3.05) is 6.54 Å². The van der Waals surface area contributed by atoms with Gasteiger partial charge in [-0.05, 0) is 25.3 Å². The van der Waals surface area contributed by atoms with Crippen molar-refractivity contribution in [3.63, 3.8) is 0 Å². The summed E-state index contributed by atoms with van der Waals surface area (Å²) in [5, 5.41) is 9.02. The summed E-state index contributed by atoms with van der Waals surface area (Å²) in [7, 11) is 0. The summed E-state index contributed by atoms with van der Waals surface area (Å²) in [5.74, 6) is 0. The molecule has 0 heterocycles. The normalized spacial score (nSPS) is 12.7. The molecule has 0 radical (unpaired) electrons. The summed E-state index contributed by atoms with van der Waals surface area (Å²) < 4.78 is 0. The second kappa shape index (κ2) is 7.40. The number of nitrogens with one attached hydrogen (secondary N) is 1. The molecule has 3 heteroatoms. The predicted octanol–water partition coefficient (Wildman–Crippen LogP) is 1.87. The molecule has 84 valence electrons. The Hall–Kier alpha value is -0.900. The van der Waals surface area contributed by atoms with Crippen molar-refractivity contribution in [2.45, 2.75) is 32.5 Å². The number of hydrogen-bond acceptors (Lipinski definition) is 3. The Morgan fingerprint density at radius 2 is 2.07 bits per heavy atom. The number of benzene rings is 1. The number of aliphatic hydroxyl groups excluding tert-OH is 1.